The third kappa shape index (κ3) is 1.70. The maximum absolute atomic E-state index is 12.5. The lowest BCUT2D eigenvalue weighted by Gasteiger charge is -2.35. The molecule has 2 fully saturated rings. The number of carbonyl (C=O) groups is 2. The first kappa shape index (κ1) is 11.6. The minimum atomic E-state index is -0.448. The van der Waals surface area contributed by atoms with Gasteiger partial charge in [-0.1, -0.05) is 30.3 Å². The van der Waals surface area contributed by atoms with E-state index in [1.54, 1.807) is 12.1 Å². The highest BCUT2D eigenvalue weighted by molar-refractivity contribution is 6.11. The summed E-state index contributed by atoms with van der Waals surface area (Å²) in [5.74, 6) is -0.316. The Morgan fingerprint density at radius 2 is 1.94 bits per heavy atom. The number of benzene rings is 1. The fourth-order valence-electron chi connectivity index (χ4n) is 3.37. The van der Waals surface area contributed by atoms with Crippen LogP contribution in [0.1, 0.15) is 29.6 Å². The number of carbonyl (C=O) groups excluding carboxylic acids is 2. The Morgan fingerprint density at radius 3 is 2.67 bits per heavy atom. The Labute approximate surface area is 107 Å². The van der Waals surface area contributed by atoms with E-state index in [0.717, 1.165) is 12.8 Å². The summed E-state index contributed by atoms with van der Waals surface area (Å²) in [5.41, 5.74) is 0.662. The van der Waals surface area contributed by atoms with Crippen LogP contribution in [0, 0.1) is 5.92 Å². The highest BCUT2D eigenvalue weighted by Gasteiger charge is 2.47. The average molecular weight is 243 g/mol. The second-order valence-corrected chi connectivity index (χ2v) is 5.34. The molecule has 1 aromatic rings. The van der Waals surface area contributed by atoms with E-state index in [-0.39, 0.29) is 17.6 Å². The molecular formula is C15H17NO2. The van der Waals surface area contributed by atoms with E-state index >= 15 is 0 Å². The number of piperidine rings is 1. The molecule has 2 aliphatic heterocycles. The summed E-state index contributed by atoms with van der Waals surface area (Å²) >= 11 is 0. The molecule has 2 aliphatic rings. The van der Waals surface area contributed by atoms with Crippen molar-refractivity contribution in [2.24, 2.45) is 5.92 Å². The van der Waals surface area contributed by atoms with Gasteiger partial charge in [-0.25, -0.2) is 0 Å². The number of Topliss-reactive ketones (excluding diaryl/α,β-unsaturated/α-hetero) is 2. The van der Waals surface area contributed by atoms with E-state index in [9.17, 15) is 9.59 Å². The Balaban J connectivity index is 1.91. The zero-order valence-electron chi connectivity index (χ0n) is 10.5. The number of ketones is 2. The lowest BCUT2D eigenvalue weighted by molar-refractivity contribution is -0.126. The van der Waals surface area contributed by atoms with Gasteiger partial charge in [-0.15, -0.1) is 0 Å². The maximum Gasteiger partial charge on any atom is 0.174 e. The van der Waals surface area contributed by atoms with Crippen LogP contribution >= 0.6 is 0 Å². The standard InChI is InChI=1S/C15H17NO2/c1-16-11-7-8-12(16)14(13(17)9-11)15(18)10-5-3-2-4-6-10/h2-6,11-12,14H,7-9H2,1H3/t11-,12+,14-/m0/s1. The van der Waals surface area contributed by atoms with Crippen LogP contribution in [0.25, 0.3) is 0 Å². The Hall–Kier alpha value is -1.48. The molecule has 0 amide bonds. The maximum atomic E-state index is 12.5. The van der Waals surface area contributed by atoms with Gasteiger partial charge >= 0.3 is 0 Å². The van der Waals surface area contributed by atoms with E-state index in [4.69, 9.17) is 0 Å². The van der Waals surface area contributed by atoms with Crippen LogP contribution < -0.4 is 0 Å². The topological polar surface area (TPSA) is 37.4 Å². The largest absolute Gasteiger partial charge is 0.299 e. The smallest absolute Gasteiger partial charge is 0.174 e. The first-order valence-corrected chi connectivity index (χ1v) is 6.52. The summed E-state index contributed by atoms with van der Waals surface area (Å²) in [7, 11) is 2.04. The molecule has 0 unspecified atom stereocenters. The molecule has 0 saturated carbocycles. The molecular weight excluding hydrogens is 226 g/mol. The summed E-state index contributed by atoms with van der Waals surface area (Å²) in [4.78, 5) is 26.9. The van der Waals surface area contributed by atoms with E-state index in [2.05, 4.69) is 4.90 Å². The first-order chi connectivity index (χ1) is 8.68. The van der Waals surface area contributed by atoms with Crippen molar-refractivity contribution in [3.05, 3.63) is 35.9 Å². The number of hydrogen-bond acceptors (Lipinski definition) is 3. The van der Waals surface area contributed by atoms with Crippen molar-refractivity contribution in [1.82, 2.24) is 4.90 Å². The van der Waals surface area contributed by atoms with Crippen LogP contribution in [0.4, 0.5) is 0 Å². The second-order valence-electron chi connectivity index (χ2n) is 5.34. The van der Waals surface area contributed by atoms with Crippen molar-refractivity contribution < 1.29 is 9.59 Å². The SMILES string of the molecule is CN1[C@H]2CC[C@@H]1[C@H](C(=O)c1ccccc1)C(=O)C2. The number of hydrogen-bond donors (Lipinski definition) is 0. The van der Waals surface area contributed by atoms with Gasteiger partial charge in [0.25, 0.3) is 0 Å². The molecule has 18 heavy (non-hydrogen) atoms. The third-order valence-corrected chi connectivity index (χ3v) is 4.40. The summed E-state index contributed by atoms with van der Waals surface area (Å²) < 4.78 is 0. The van der Waals surface area contributed by atoms with Crippen molar-refractivity contribution in [3.8, 4) is 0 Å². The molecule has 3 nitrogen and oxygen atoms in total. The summed E-state index contributed by atoms with van der Waals surface area (Å²) in [6.07, 6.45) is 2.55. The Morgan fingerprint density at radius 1 is 1.22 bits per heavy atom. The van der Waals surface area contributed by atoms with Gasteiger partial charge in [0.05, 0.1) is 5.92 Å². The highest BCUT2D eigenvalue weighted by atomic mass is 16.2. The second kappa shape index (κ2) is 4.32. The lowest BCUT2D eigenvalue weighted by atomic mass is 9.83. The monoisotopic (exact) mass is 243 g/mol. The highest BCUT2D eigenvalue weighted by Crippen LogP contribution is 2.37. The van der Waals surface area contributed by atoms with E-state index in [0.29, 0.717) is 18.0 Å². The van der Waals surface area contributed by atoms with Gasteiger partial charge in [-0.3, -0.25) is 14.5 Å². The van der Waals surface area contributed by atoms with E-state index in [1.165, 1.54) is 0 Å². The Bertz CT molecular complexity index is 483. The summed E-state index contributed by atoms with van der Waals surface area (Å²) in [6.45, 7) is 0. The van der Waals surface area contributed by atoms with Crippen LogP contribution in [0.2, 0.25) is 0 Å². The van der Waals surface area contributed by atoms with E-state index in [1.807, 2.05) is 25.2 Å². The minimum absolute atomic E-state index is 0.00204. The molecule has 3 rings (SSSR count). The van der Waals surface area contributed by atoms with Crippen molar-refractivity contribution in [1.29, 1.82) is 0 Å². The fraction of sp³-hybridized carbons (Fsp3) is 0.467. The first-order valence-electron chi connectivity index (χ1n) is 6.52. The zero-order valence-corrected chi connectivity index (χ0v) is 10.5. The lowest BCUT2D eigenvalue weighted by Crippen LogP contribution is -2.50. The van der Waals surface area contributed by atoms with Gasteiger partial charge in [0.15, 0.2) is 5.78 Å². The predicted molar refractivity (Wildman–Crippen MR) is 68.5 cm³/mol. The summed E-state index contributed by atoms with van der Waals surface area (Å²) in [5, 5.41) is 0. The predicted octanol–water partition coefficient (Wildman–Crippen LogP) is 1.92. The molecule has 3 atom stereocenters. The van der Waals surface area contributed by atoms with Crippen molar-refractivity contribution in [3.63, 3.8) is 0 Å². The molecule has 0 N–H and O–H groups in total. The van der Waals surface area contributed by atoms with Gasteiger partial charge in [-0.2, -0.15) is 0 Å². The van der Waals surface area contributed by atoms with Crippen molar-refractivity contribution in [2.75, 3.05) is 7.05 Å². The molecule has 2 saturated heterocycles. The van der Waals surface area contributed by atoms with Gasteiger partial charge in [0.2, 0.25) is 0 Å². The third-order valence-electron chi connectivity index (χ3n) is 4.40. The molecule has 0 spiro atoms. The minimum Gasteiger partial charge on any atom is -0.299 e. The number of fused-ring (bicyclic) bond motifs is 2. The quantitative estimate of drug-likeness (QED) is 0.588. The molecule has 3 heteroatoms. The zero-order chi connectivity index (χ0) is 12.7. The van der Waals surface area contributed by atoms with Gasteiger partial charge in [0.1, 0.15) is 5.78 Å². The van der Waals surface area contributed by atoms with E-state index < -0.39 is 5.92 Å². The van der Waals surface area contributed by atoms with Gasteiger partial charge < -0.3 is 0 Å². The normalized spacial score (nSPS) is 31.6. The van der Waals surface area contributed by atoms with Crippen LogP contribution in [0.5, 0.6) is 0 Å². The molecule has 0 aliphatic carbocycles. The molecule has 94 valence electrons. The van der Waals surface area contributed by atoms with Gasteiger partial charge in [0, 0.05) is 24.1 Å². The van der Waals surface area contributed by atoms with Crippen molar-refractivity contribution in [2.45, 2.75) is 31.3 Å². The van der Waals surface area contributed by atoms with Crippen LogP contribution in [-0.2, 0) is 4.79 Å². The number of rotatable bonds is 2. The average Bonchev–Trinajstić information content (AvgIpc) is 2.63. The molecule has 0 radical (unpaired) electrons. The van der Waals surface area contributed by atoms with Gasteiger partial charge in [-0.05, 0) is 19.9 Å². The van der Waals surface area contributed by atoms with Crippen LogP contribution in [0.15, 0.2) is 30.3 Å². The molecule has 2 heterocycles. The molecule has 1 aromatic carbocycles. The molecule has 2 bridgehead atoms. The molecule has 0 aromatic heterocycles. The Kier molecular flexibility index (Phi) is 2.78. The van der Waals surface area contributed by atoms with Crippen LogP contribution in [-0.4, -0.2) is 35.6 Å². The van der Waals surface area contributed by atoms with Crippen molar-refractivity contribution >= 4 is 11.6 Å². The summed E-state index contributed by atoms with van der Waals surface area (Å²) in [6, 6.07) is 9.67. The fourth-order valence-corrected chi connectivity index (χ4v) is 3.37. The number of nitrogens with zero attached hydrogens (tertiary/aromatic N) is 1. The van der Waals surface area contributed by atoms with Crippen LogP contribution in [0.3, 0.4) is 0 Å².